The average Bonchev–Trinajstić information content (AvgIpc) is 2.60. The molecule has 13 heavy (non-hydrogen) atoms. The van der Waals surface area contributed by atoms with E-state index in [1.54, 1.807) is 28.9 Å². The van der Waals surface area contributed by atoms with Crippen LogP contribution in [0.25, 0.3) is 5.65 Å². The summed E-state index contributed by atoms with van der Waals surface area (Å²) >= 11 is 0. The summed E-state index contributed by atoms with van der Waals surface area (Å²) < 4.78 is 6.38. The van der Waals surface area contributed by atoms with Crippen LogP contribution in [0.4, 0.5) is 0 Å². The van der Waals surface area contributed by atoms with Crippen LogP contribution in [0.2, 0.25) is 0 Å². The van der Waals surface area contributed by atoms with E-state index in [0.29, 0.717) is 11.2 Å². The van der Waals surface area contributed by atoms with Gasteiger partial charge in [-0.05, 0) is 12.1 Å². The maximum atomic E-state index is 11.2. The lowest BCUT2D eigenvalue weighted by molar-refractivity contribution is 0.0603. The highest BCUT2D eigenvalue weighted by molar-refractivity contribution is 5.95. The molecule has 0 fully saturated rings. The summed E-state index contributed by atoms with van der Waals surface area (Å²) in [6, 6.07) is 3.49. The van der Waals surface area contributed by atoms with Crippen LogP contribution in [-0.4, -0.2) is 22.5 Å². The lowest BCUT2D eigenvalue weighted by atomic mass is 10.3. The Morgan fingerprint density at radius 3 is 3.15 bits per heavy atom. The minimum Gasteiger partial charge on any atom is -0.465 e. The van der Waals surface area contributed by atoms with Crippen molar-refractivity contribution in [2.24, 2.45) is 0 Å². The number of aromatic nitrogens is 2. The van der Waals surface area contributed by atoms with Crippen molar-refractivity contribution in [1.82, 2.24) is 9.38 Å². The molecule has 0 atom stereocenters. The fourth-order valence-corrected chi connectivity index (χ4v) is 1.21. The summed E-state index contributed by atoms with van der Waals surface area (Å²) in [6.45, 7) is 0. The van der Waals surface area contributed by atoms with Crippen LogP contribution in [-0.2, 0) is 4.74 Å². The van der Waals surface area contributed by atoms with E-state index >= 15 is 0 Å². The molecule has 2 aromatic rings. The maximum Gasteiger partial charge on any atom is 0.341 e. The number of carbonyl (C=O) groups excluding carboxylic acids is 1. The molecule has 0 N–H and O–H groups in total. The van der Waals surface area contributed by atoms with Gasteiger partial charge in [0.05, 0.1) is 7.11 Å². The molecule has 2 aromatic heterocycles. The highest BCUT2D eigenvalue weighted by atomic mass is 16.5. The summed E-state index contributed by atoms with van der Waals surface area (Å²) in [5.41, 5.74) is 1.11. The summed E-state index contributed by atoms with van der Waals surface area (Å²) in [5, 5.41) is 0. The molecule has 0 bridgehead atoms. The van der Waals surface area contributed by atoms with Crippen LogP contribution in [0.15, 0.2) is 30.7 Å². The van der Waals surface area contributed by atoms with E-state index in [0.717, 1.165) is 0 Å². The number of rotatable bonds is 1. The Bertz CT molecular complexity index is 448. The molecule has 0 aliphatic heterocycles. The SMILES string of the molecule is COC(=O)c1ccn2cccnc12. The Hall–Kier alpha value is -1.84. The van der Waals surface area contributed by atoms with Gasteiger partial charge in [0.2, 0.25) is 0 Å². The van der Waals surface area contributed by atoms with Gasteiger partial charge in [-0.25, -0.2) is 9.78 Å². The van der Waals surface area contributed by atoms with Crippen molar-refractivity contribution < 1.29 is 9.53 Å². The van der Waals surface area contributed by atoms with E-state index in [2.05, 4.69) is 9.72 Å². The first kappa shape index (κ1) is 7.79. The van der Waals surface area contributed by atoms with Crippen LogP contribution >= 0.6 is 0 Å². The van der Waals surface area contributed by atoms with Gasteiger partial charge in [-0.1, -0.05) is 0 Å². The molecule has 0 saturated heterocycles. The molecule has 0 aliphatic carbocycles. The maximum absolute atomic E-state index is 11.2. The van der Waals surface area contributed by atoms with Gasteiger partial charge in [0, 0.05) is 18.6 Å². The number of fused-ring (bicyclic) bond motifs is 1. The van der Waals surface area contributed by atoms with Crippen molar-refractivity contribution in [3.8, 4) is 0 Å². The zero-order valence-electron chi connectivity index (χ0n) is 7.10. The summed E-state index contributed by atoms with van der Waals surface area (Å²) in [6.07, 6.45) is 5.24. The third kappa shape index (κ3) is 1.16. The van der Waals surface area contributed by atoms with Crippen LogP contribution in [0, 0.1) is 0 Å². The molecule has 0 radical (unpaired) electrons. The van der Waals surface area contributed by atoms with Gasteiger partial charge in [0.15, 0.2) is 5.65 Å². The molecule has 0 spiro atoms. The second-order valence-electron chi connectivity index (χ2n) is 2.57. The zero-order chi connectivity index (χ0) is 9.26. The van der Waals surface area contributed by atoms with Crippen molar-refractivity contribution in [3.63, 3.8) is 0 Å². The second-order valence-corrected chi connectivity index (χ2v) is 2.57. The van der Waals surface area contributed by atoms with Crippen LogP contribution in [0.1, 0.15) is 10.4 Å². The Balaban J connectivity index is 2.64. The number of esters is 1. The molecular weight excluding hydrogens is 168 g/mol. The summed E-state index contributed by atoms with van der Waals surface area (Å²) in [7, 11) is 1.36. The molecule has 0 amide bonds. The van der Waals surface area contributed by atoms with Gasteiger partial charge < -0.3 is 9.14 Å². The highest BCUT2D eigenvalue weighted by Gasteiger charge is 2.11. The van der Waals surface area contributed by atoms with E-state index in [9.17, 15) is 4.79 Å². The van der Waals surface area contributed by atoms with Crippen LogP contribution < -0.4 is 0 Å². The molecule has 4 nitrogen and oxygen atoms in total. The Morgan fingerprint density at radius 1 is 1.54 bits per heavy atom. The quantitative estimate of drug-likeness (QED) is 0.611. The Morgan fingerprint density at radius 2 is 2.38 bits per heavy atom. The summed E-state index contributed by atoms with van der Waals surface area (Å²) in [4.78, 5) is 15.3. The fourth-order valence-electron chi connectivity index (χ4n) is 1.21. The standard InChI is InChI=1S/C9H8N2O2/c1-13-9(12)7-3-6-11-5-2-4-10-8(7)11/h2-6H,1H3. The lowest BCUT2D eigenvalue weighted by Crippen LogP contribution is -2.01. The van der Waals surface area contributed by atoms with Crippen molar-refractivity contribution in [3.05, 3.63) is 36.3 Å². The normalized spacial score (nSPS) is 10.2. The summed E-state index contributed by atoms with van der Waals surface area (Å²) in [5.74, 6) is -0.360. The van der Waals surface area contributed by atoms with E-state index < -0.39 is 0 Å². The lowest BCUT2D eigenvalue weighted by Gasteiger charge is -1.96. The van der Waals surface area contributed by atoms with Crippen molar-refractivity contribution in [1.29, 1.82) is 0 Å². The first-order chi connectivity index (χ1) is 6.33. The monoisotopic (exact) mass is 176 g/mol. The number of hydrogen-bond acceptors (Lipinski definition) is 3. The number of nitrogens with zero attached hydrogens (tertiary/aromatic N) is 2. The topological polar surface area (TPSA) is 43.6 Å². The first-order valence-corrected chi connectivity index (χ1v) is 3.83. The molecule has 0 aliphatic rings. The van der Waals surface area contributed by atoms with E-state index in [1.165, 1.54) is 7.11 Å². The van der Waals surface area contributed by atoms with Gasteiger partial charge in [-0.3, -0.25) is 0 Å². The third-order valence-corrected chi connectivity index (χ3v) is 1.82. The molecule has 2 rings (SSSR count). The molecule has 66 valence electrons. The molecule has 2 heterocycles. The van der Waals surface area contributed by atoms with E-state index in [-0.39, 0.29) is 5.97 Å². The van der Waals surface area contributed by atoms with Crippen molar-refractivity contribution in [2.75, 3.05) is 7.11 Å². The van der Waals surface area contributed by atoms with Crippen molar-refractivity contribution in [2.45, 2.75) is 0 Å². The van der Waals surface area contributed by atoms with Gasteiger partial charge in [-0.2, -0.15) is 0 Å². The molecule has 0 saturated carbocycles. The van der Waals surface area contributed by atoms with Gasteiger partial charge >= 0.3 is 5.97 Å². The van der Waals surface area contributed by atoms with Crippen molar-refractivity contribution >= 4 is 11.6 Å². The molecule has 4 heteroatoms. The van der Waals surface area contributed by atoms with Gasteiger partial charge in [0.1, 0.15) is 5.56 Å². The van der Waals surface area contributed by atoms with E-state index in [1.807, 2.05) is 6.20 Å². The number of ether oxygens (including phenoxy) is 1. The first-order valence-electron chi connectivity index (χ1n) is 3.83. The average molecular weight is 176 g/mol. The third-order valence-electron chi connectivity index (χ3n) is 1.82. The van der Waals surface area contributed by atoms with Gasteiger partial charge in [0.25, 0.3) is 0 Å². The fraction of sp³-hybridized carbons (Fsp3) is 0.111. The largest absolute Gasteiger partial charge is 0.465 e. The molecular formula is C9H8N2O2. The predicted octanol–water partition coefficient (Wildman–Crippen LogP) is 1.12. The Kier molecular flexibility index (Phi) is 1.73. The van der Waals surface area contributed by atoms with Gasteiger partial charge in [-0.15, -0.1) is 0 Å². The zero-order valence-corrected chi connectivity index (χ0v) is 7.10. The minimum absolute atomic E-state index is 0.360. The number of methoxy groups -OCH3 is 1. The highest BCUT2D eigenvalue weighted by Crippen LogP contribution is 2.09. The smallest absolute Gasteiger partial charge is 0.341 e. The second kappa shape index (κ2) is 2.90. The molecule has 0 aromatic carbocycles. The number of carbonyl (C=O) groups is 1. The minimum atomic E-state index is -0.360. The predicted molar refractivity (Wildman–Crippen MR) is 46.5 cm³/mol. The van der Waals surface area contributed by atoms with Crippen LogP contribution in [0.5, 0.6) is 0 Å². The van der Waals surface area contributed by atoms with Crippen LogP contribution in [0.3, 0.4) is 0 Å². The van der Waals surface area contributed by atoms with E-state index in [4.69, 9.17) is 0 Å². The number of hydrogen-bond donors (Lipinski definition) is 0. The Labute approximate surface area is 74.8 Å². The molecule has 0 unspecified atom stereocenters.